The number of nitrogens with one attached hydrogen (secondary N) is 2. The molecule has 0 saturated heterocycles. The van der Waals surface area contributed by atoms with E-state index in [2.05, 4.69) is 10.3 Å². The zero-order valence-corrected chi connectivity index (χ0v) is 10.7. The van der Waals surface area contributed by atoms with Crippen molar-refractivity contribution >= 4 is 22.8 Å². The average Bonchev–Trinajstić information content (AvgIpc) is 2.44. The molecule has 1 heterocycles. The summed E-state index contributed by atoms with van der Waals surface area (Å²) in [4.78, 5) is 37.3. The van der Waals surface area contributed by atoms with Crippen molar-refractivity contribution in [1.82, 2.24) is 10.3 Å². The fourth-order valence-electron chi connectivity index (χ4n) is 1.87. The number of pyridine rings is 1. The molecular formula is C14H14N2O4. The first kappa shape index (κ1) is 13.8. The summed E-state index contributed by atoms with van der Waals surface area (Å²) < 4.78 is 0. The minimum absolute atomic E-state index is 0.0195. The molecule has 0 aliphatic heterocycles. The van der Waals surface area contributed by atoms with Crippen molar-refractivity contribution < 1.29 is 14.7 Å². The Morgan fingerprint density at radius 1 is 1.25 bits per heavy atom. The minimum atomic E-state index is -0.914. The summed E-state index contributed by atoms with van der Waals surface area (Å²) in [7, 11) is 0. The Bertz CT molecular complexity index is 706. The highest BCUT2D eigenvalue weighted by Gasteiger charge is 2.12. The standard InChI is InChI=1S/C14H14N2O4/c17-12(18)6-3-7-15-14(20)10-8-16-11-5-2-1-4-9(11)13(10)19/h1-2,4-5,8H,3,6-7H2,(H,15,20)(H,16,19)(H,17,18). The maximum Gasteiger partial charge on any atom is 0.303 e. The number of aliphatic carboxylic acids is 1. The van der Waals surface area contributed by atoms with Crippen LogP contribution in [-0.4, -0.2) is 28.5 Å². The fourth-order valence-corrected chi connectivity index (χ4v) is 1.87. The van der Waals surface area contributed by atoms with Crippen molar-refractivity contribution in [2.75, 3.05) is 6.54 Å². The second kappa shape index (κ2) is 6.01. The van der Waals surface area contributed by atoms with Gasteiger partial charge in [0.2, 0.25) is 5.43 Å². The van der Waals surface area contributed by atoms with Gasteiger partial charge in [-0.05, 0) is 18.6 Å². The Labute approximate surface area is 114 Å². The largest absolute Gasteiger partial charge is 0.481 e. The van der Waals surface area contributed by atoms with Crippen molar-refractivity contribution in [3.05, 3.63) is 46.2 Å². The maximum absolute atomic E-state index is 12.1. The summed E-state index contributed by atoms with van der Waals surface area (Å²) >= 11 is 0. The van der Waals surface area contributed by atoms with Gasteiger partial charge in [-0.15, -0.1) is 0 Å². The van der Waals surface area contributed by atoms with Crippen LogP contribution >= 0.6 is 0 Å². The molecule has 20 heavy (non-hydrogen) atoms. The number of benzene rings is 1. The van der Waals surface area contributed by atoms with Crippen LogP contribution in [0.3, 0.4) is 0 Å². The molecule has 0 bridgehead atoms. The van der Waals surface area contributed by atoms with E-state index in [-0.39, 0.29) is 24.0 Å². The molecule has 1 aromatic carbocycles. The second-order valence-corrected chi connectivity index (χ2v) is 4.33. The molecule has 0 saturated carbocycles. The Morgan fingerprint density at radius 3 is 2.75 bits per heavy atom. The average molecular weight is 274 g/mol. The van der Waals surface area contributed by atoms with Gasteiger partial charge in [0, 0.05) is 30.1 Å². The molecule has 0 aliphatic rings. The van der Waals surface area contributed by atoms with Crippen LogP contribution in [0.5, 0.6) is 0 Å². The molecule has 104 valence electrons. The molecule has 2 rings (SSSR count). The van der Waals surface area contributed by atoms with Crippen LogP contribution < -0.4 is 10.7 Å². The number of carbonyl (C=O) groups excluding carboxylic acids is 1. The van der Waals surface area contributed by atoms with Crippen molar-refractivity contribution in [3.8, 4) is 0 Å². The molecule has 3 N–H and O–H groups in total. The van der Waals surface area contributed by atoms with Gasteiger partial charge in [-0.1, -0.05) is 12.1 Å². The van der Waals surface area contributed by atoms with Crippen LogP contribution in [0.25, 0.3) is 10.9 Å². The van der Waals surface area contributed by atoms with Crippen molar-refractivity contribution in [2.24, 2.45) is 0 Å². The number of carbonyl (C=O) groups is 2. The van der Waals surface area contributed by atoms with Crippen LogP contribution in [0.2, 0.25) is 0 Å². The Balaban J connectivity index is 2.12. The van der Waals surface area contributed by atoms with E-state index in [4.69, 9.17) is 5.11 Å². The molecule has 0 radical (unpaired) electrons. The summed E-state index contributed by atoms with van der Waals surface area (Å²) in [6.07, 6.45) is 1.68. The minimum Gasteiger partial charge on any atom is -0.481 e. The summed E-state index contributed by atoms with van der Waals surface area (Å²) in [5, 5.41) is 11.5. The number of carboxylic acid groups (broad SMARTS) is 1. The van der Waals surface area contributed by atoms with Crippen molar-refractivity contribution in [1.29, 1.82) is 0 Å². The molecule has 1 amide bonds. The SMILES string of the molecule is O=C(O)CCCNC(=O)c1c[nH]c2ccccc2c1=O. The number of carboxylic acids is 1. The smallest absolute Gasteiger partial charge is 0.303 e. The van der Waals surface area contributed by atoms with E-state index in [1.54, 1.807) is 24.3 Å². The van der Waals surface area contributed by atoms with Gasteiger partial charge in [-0.3, -0.25) is 14.4 Å². The summed E-state index contributed by atoms with van der Waals surface area (Å²) in [5.74, 6) is -1.41. The first-order valence-electron chi connectivity index (χ1n) is 6.20. The molecule has 0 unspecified atom stereocenters. The van der Waals surface area contributed by atoms with Crippen LogP contribution in [-0.2, 0) is 4.79 Å². The van der Waals surface area contributed by atoms with E-state index in [1.165, 1.54) is 6.20 Å². The van der Waals surface area contributed by atoms with Gasteiger partial charge in [0.05, 0.1) is 0 Å². The number of para-hydroxylation sites is 1. The van der Waals surface area contributed by atoms with E-state index in [1.807, 2.05) is 0 Å². The number of H-pyrrole nitrogens is 1. The first-order valence-corrected chi connectivity index (χ1v) is 6.20. The molecule has 6 nitrogen and oxygen atoms in total. The number of hydrogen-bond donors (Lipinski definition) is 3. The lowest BCUT2D eigenvalue weighted by molar-refractivity contribution is -0.137. The van der Waals surface area contributed by atoms with Crippen molar-refractivity contribution in [3.63, 3.8) is 0 Å². The maximum atomic E-state index is 12.1. The molecule has 0 atom stereocenters. The highest BCUT2D eigenvalue weighted by atomic mass is 16.4. The van der Waals surface area contributed by atoms with Crippen LogP contribution in [0, 0.1) is 0 Å². The Hall–Kier alpha value is -2.63. The van der Waals surface area contributed by atoms with Gasteiger partial charge in [0.15, 0.2) is 0 Å². The van der Waals surface area contributed by atoms with Crippen molar-refractivity contribution in [2.45, 2.75) is 12.8 Å². The lowest BCUT2D eigenvalue weighted by Crippen LogP contribution is -2.29. The molecule has 0 fully saturated rings. The number of rotatable bonds is 5. The lowest BCUT2D eigenvalue weighted by Gasteiger charge is -2.05. The first-order chi connectivity index (χ1) is 9.59. The summed E-state index contributed by atoms with van der Waals surface area (Å²) in [6, 6.07) is 6.93. The molecule has 0 spiro atoms. The summed E-state index contributed by atoms with van der Waals surface area (Å²) in [6.45, 7) is 0.220. The van der Waals surface area contributed by atoms with E-state index < -0.39 is 11.9 Å². The summed E-state index contributed by atoms with van der Waals surface area (Å²) in [5.41, 5.74) is 0.356. The molecular weight excluding hydrogens is 260 g/mol. The second-order valence-electron chi connectivity index (χ2n) is 4.33. The third-order valence-electron chi connectivity index (χ3n) is 2.89. The fraction of sp³-hybridized carbons (Fsp3) is 0.214. The molecule has 0 aliphatic carbocycles. The predicted octanol–water partition coefficient (Wildman–Crippen LogP) is 1.12. The van der Waals surface area contributed by atoms with Gasteiger partial charge in [0.1, 0.15) is 5.56 Å². The van der Waals surface area contributed by atoms with Gasteiger partial charge >= 0.3 is 5.97 Å². The molecule has 2 aromatic rings. The van der Waals surface area contributed by atoms with Crippen LogP contribution in [0.4, 0.5) is 0 Å². The van der Waals surface area contributed by atoms with Crippen LogP contribution in [0.1, 0.15) is 23.2 Å². The third-order valence-corrected chi connectivity index (χ3v) is 2.89. The number of aromatic nitrogens is 1. The van der Waals surface area contributed by atoms with E-state index in [0.717, 1.165) is 0 Å². The highest BCUT2D eigenvalue weighted by Crippen LogP contribution is 2.06. The molecule has 1 aromatic heterocycles. The van der Waals surface area contributed by atoms with E-state index in [0.29, 0.717) is 17.3 Å². The zero-order valence-electron chi connectivity index (χ0n) is 10.7. The van der Waals surface area contributed by atoms with Gasteiger partial charge < -0.3 is 15.4 Å². The van der Waals surface area contributed by atoms with Gasteiger partial charge in [-0.25, -0.2) is 0 Å². The lowest BCUT2D eigenvalue weighted by atomic mass is 10.1. The number of fused-ring (bicyclic) bond motifs is 1. The zero-order chi connectivity index (χ0) is 14.5. The monoisotopic (exact) mass is 274 g/mol. The van der Waals surface area contributed by atoms with Crippen LogP contribution in [0.15, 0.2) is 35.3 Å². The number of aromatic amines is 1. The quantitative estimate of drug-likeness (QED) is 0.711. The predicted molar refractivity (Wildman–Crippen MR) is 73.8 cm³/mol. The number of amides is 1. The van der Waals surface area contributed by atoms with Gasteiger partial charge in [-0.2, -0.15) is 0 Å². The normalized spacial score (nSPS) is 10.4. The Morgan fingerprint density at radius 2 is 2.00 bits per heavy atom. The topological polar surface area (TPSA) is 99.3 Å². The molecule has 6 heteroatoms. The number of hydrogen-bond acceptors (Lipinski definition) is 3. The van der Waals surface area contributed by atoms with E-state index >= 15 is 0 Å². The Kier molecular flexibility index (Phi) is 4.14. The highest BCUT2D eigenvalue weighted by molar-refractivity contribution is 5.97. The van der Waals surface area contributed by atoms with Gasteiger partial charge in [0.25, 0.3) is 5.91 Å². The van der Waals surface area contributed by atoms with E-state index in [9.17, 15) is 14.4 Å². The third kappa shape index (κ3) is 3.03.